The van der Waals surface area contributed by atoms with E-state index in [1.807, 2.05) is 0 Å². The summed E-state index contributed by atoms with van der Waals surface area (Å²) in [6, 6.07) is 10.9. The van der Waals surface area contributed by atoms with Crippen LogP contribution in [0.4, 0.5) is 15.8 Å². The number of nitrogens with zero attached hydrogens (tertiary/aromatic N) is 1. The van der Waals surface area contributed by atoms with E-state index in [1.165, 1.54) is 23.1 Å². The highest BCUT2D eigenvalue weighted by atomic mass is 19.1. The molecule has 0 aliphatic carbocycles. The highest BCUT2D eigenvalue weighted by Gasteiger charge is 2.44. The number of hydrogen-bond acceptors (Lipinski definition) is 3. The molecule has 2 aliphatic rings. The Hall–Kier alpha value is -2.69. The molecule has 1 N–H and O–H groups in total. The van der Waals surface area contributed by atoms with Crippen LogP contribution in [-0.2, 0) is 0 Å². The van der Waals surface area contributed by atoms with Crippen LogP contribution in [0.15, 0.2) is 42.5 Å². The van der Waals surface area contributed by atoms with Gasteiger partial charge in [-0.25, -0.2) is 4.39 Å². The molecule has 1 atom stereocenters. The molecule has 0 saturated heterocycles. The van der Waals surface area contributed by atoms with E-state index in [-0.39, 0.29) is 17.3 Å². The summed E-state index contributed by atoms with van der Waals surface area (Å²) in [5.41, 5.74) is 1.83. The second-order valence-corrected chi connectivity index (χ2v) is 4.79. The summed E-state index contributed by atoms with van der Waals surface area (Å²) in [5.74, 6) is -1.02. The Balaban J connectivity index is 1.92. The molecule has 0 fully saturated rings. The summed E-state index contributed by atoms with van der Waals surface area (Å²) < 4.78 is 13.3. The van der Waals surface area contributed by atoms with Gasteiger partial charge in [-0.1, -0.05) is 12.1 Å². The van der Waals surface area contributed by atoms with Gasteiger partial charge in [0.25, 0.3) is 5.91 Å². The molecule has 2 aliphatic heterocycles. The molecule has 1 unspecified atom stereocenters. The topological polar surface area (TPSA) is 49.4 Å². The van der Waals surface area contributed by atoms with Gasteiger partial charge >= 0.3 is 0 Å². The standard InChI is InChI=1S/C15H9FN2O2/c16-8-5-6-12-10(7-8)13(19)14-17-11-4-2-1-3-9(11)15(20)18(12)14/h1-7,14,17H. The van der Waals surface area contributed by atoms with Gasteiger partial charge in [0, 0.05) is 11.3 Å². The first-order valence-corrected chi connectivity index (χ1v) is 6.20. The Morgan fingerprint density at radius 1 is 1.05 bits per heavy atom. The zero-order valence-electron chi connectivity index (χ0n) is 10.3. The fourth-order valence-corrected chi connectivity index (χ4v) is 2.75. The fraction of sp³-hybridized carbons (Fsp3) is 0.0667. The summed E-state index contributed by atoms with van der Waals surface area (Å²) in [5, 5.41) is 3.04. The lowest BCUT2D eigenvalue weighted by Gasteiger charge is -2.31. The number of fused-ring (bicyclic) bond motifs is 4. The predicted octanol–water partition coefficient (Wildman–Crippen LogP) is 2.42. The second-order valence-electron chi connectivity index (χ2n) is 4.79. The molecule has 0 spiro atoms. The van der Waals surface area contributed by atoms with E-state index in [9.17, 15) is 14.0 Å². The number of halogens is 1. The molecular formula is C15H9FN2O2. The highest BCUT2D eigenvalue weighted by molar-refractivity contribution is 6.24. The number of carbonyl (C=O) groups excluding carboxylic acids is 2. The SMILES string of the molecule is O=C1c2cc(F)ccc2N2C(=O)c3ccccc3NC12. The number of carbonyl (C=O) groups is 2. The van der Waals surface area contributed by atoms with Crippen molar-refractivity contribution in [1.29, 1.82) is 0 Å². The lowest BCUT2D eigenvalue weighted by atomic mass is 10.1. The van der Waals surface area contributed by atoms with Crippen molar-refractivity contribution < 1.29 is 14.0 Å². The monoisotopic (exact) mass is 268 g/mol. The van der Waals surface area contributed by atoms with Gasteiger partial charge < -0.3 is 5.32 Å². The zero-order valence-corrected chi connectivity index (χ0v) is 10.3. The number of nitrogens with one attached hydrogen (secondary N) is 1. The van der Waals surface area contributed by atoms with Crippen molar-refractivity contribution in [3.8, 4) is 0 Å². The molecule has 0 saturated carbocycles. The molecule has 20 heavy (non-hydrogen) atoms. The number of anilines is 2. The average molecular weight is 268 g/mol. The third kappa shape index (κ3) is 1.29. The largest absolute Gasteiger partial charge is 0.358 e. The van der Waals surface area contributed by atoms with Crippen molar-refractivity contribution in [2.45, 2.75) is 6.17 Å². The smallest absolute Gasteiger partial charge is 0.262 e. The van der Waals surface area contributed by atoms with Crippen LogP contribution in [0, 0.1) is 5.82 Å². The van der Waals surface area contributed by atoms with Crippen molar-refractivity contribution in [3.63, 3.8) is 0 Å². The number of para-hydroxylation sites is 1. The summed E-state index contributed by atoms with van der Waals surface area (Å²) >= 11 is 0. The number of rotatable bonds is 0. The Kier molecular flexibility index (Phi) is 2.04. The van der Waals surface area contributed by atoms with Crippen molar-refractivity contribution in [2.75, 3.05) is 10.2 Å². The van der Waals surface area contributed by atoms with Crippen LogP contribution in [0.3, 0.4) is 0 Å². The van der Waals surface area contributed by atoms with Crippen molar-refractivity contribution in [1.82, 2.24) is 0 Å². The van der Waals surface area contributed by atoms with Gasteiger partial charge in [0.15, 0.2) is 6.17 Å². The van der Waals surface area contributed by atoms with E-state index in [0.717, 1.165) is 0 Å². The summed E-state index contributed by atoms with van der Waals surface area (Å²) in [7, 11) is 0. The summed E-state index contributed by atoms with van der Waals surface area (Å²) in [6.07, 6.45) is -0.783. The van der Waals surface area contributed by atoms with Gasteiger partial charge in [-0.05, 0) is 30.3 Å². The number of Topliss-reactive ketones (excluding diaryl/α,β-unsaturated/α-hetero) is 1. The van der Waals surface area contributed by atoms with Gasteiger partial charge in [-0.3, -0.25) is 14.5 Å². The van der Waals surface area contributed by atoms with E-state index in [1.54, 1.807) is 24.3 Å². The lowest BCUT2D eigenvalue weighted by Crippen LogP contribution is -2.49. The van der Waals surface area contributed by atoms with Crippen LogP contribution in [0.2, 0.25) is 0 Å². The van der Waals surface area contributed by atoms with E-state index in [2.05, 4.69) is 5.32 Å². The Labute approximate surface area is 113 Å². The molecule has 4 nitrogen and oxygen atoms in total. The van der Waals surface area contributed by atoms with Crippen molar-refractivity contribution in [3.05, 3.63) is 59.4 Å². The summed E-state index contributed by atoms with van der Waals surface area (Å²) in [4.78, 5) is 26.2. The maximum Gasteiger partial charge on any atom is 0.262 e. The molecule has 4 rings (SSSR count). The third-order valence-corrected chi connectivity index (χ3v) is 3.66. The Morgan fingerprint density at radius 2 is 1.85 bits per heavy atom. The van der Waals surface area contributed by atoms with Crippen molar-refractivity contribution in [2.24, 2.45) is 0 Å². The minimum Gasteiger partial charge on any atom is -0.358 e. The molecule has 2 heterocycles. The van der Waals surface area contributed by atoms with Gasteiger partial charge in [-0.2, -0.15) is 0 Å². The first-order valence-electron chi connectivity index (χ1n) is 6.20. The van der Waals surface area contributed by atoms with Crippen LogP contribution in [-0.4, -0.2) is 17.9 Å². The number of hydrogen-bond donors (Lipinski definition) is 1. The molecule has 5 heteroatoms. The van der Waals surface area contributed by atoms with E-state index >= 15 is 0 Å². The number of benzene rings is 2. The van der Waals surface area contributed by atoms with Crippen LogP contribution >= 0.6 is 0 Å². The van der Waals surface area contributed by atoms with Crippen LogP contribution in [0.25, 0.3) is 0 Å². The normalized spacial score (nSPS) is 19.2. The predicted molar refractivity (Wildman–Crippen MR) is 71.4 cm³/mol. The molecule has 2 aromatic rings. The molecule has 0 bridgehead atoms. The second kappa shape index (κ2) is 3.66. The minimum atomic E-state index is -0.783. The third-order valence-electron chi connectivity index (χ3n) is 3.66. The molecule has 98 valence electrons. The quantitative estimate of drug-likeness (QED) is 0.798. The maximum atomic E-state index is 13.3. The van der Waals surface area contributed by atoms with Crippen LogP contribution in [0.5, 0.6) is 0 Å². The first-order chi connectivity index (χ1) is 9.66. The molecule has 0 radical (unpaired) electrons. The molecule has 2 aromatic carbocycles. The van der Waals surface area contributed by atoms with Gasteiger partial charge in [-0.15, -0.1) is 0 Å². The molecule has 0 aromatic heterocycles. The molecular weight excluding hydrogens is 259 g/mol. The zero-order chi connectivity index (χ0) is 13.9. The summed E-state index contributed by atoms with van der Waals surface area (Å²) in [6.45, 7) is 0. The van der Waals surface area contributed by atoms with E-state index in [0.29, 0.717) is 16.9 Å². The first kappa shape index (κ1) is 11.2. The highest BCUT2D eigenvalue weighted by Crippen LogP contribution is 2.38. The van der Waals surface area contributed by atoms with Gasteiger partial charge in [0.2, 0.25) is 5.78 Å². The Morgan fingerprint density at radius 3 is 2.70 bits per heavy atom. The number of ketones is 1. The van der Waals surface area contributed by atoms with Crippen LogP contribution in [0.1, 0.15) is 20.7 Å². The van der Waals surface area contributed by atoms with Gasteiger partial charge in [0.05, 0.1) is 11.3 Å². The Bertz CT molecular complexity index is 772. The fourth-order valence-electron chi connectivity index (χ4n) is 2.75. The lowest BCUT2D eigenvalue weighted by molar-refractivity contribution is 0.0918. The average Bonchev–Trinajstić information content (AvgIpc) is 2.73. The number of amides is 1. The minimum absolute atomic E-state index is 0.239. The molecule has 1 amide bonds. The van der Waals surface area contributed by atoms with E-state index < -0.39 is 12.0 Å². The van der Waals surface area contributed by atoms with Crippen LogP contribution < -0.4 is 10.2 Å². The maximum absolute atomic E-state index is 13.3. The van der Waals surface area contributed by atoms with Crippen molar-refractivity contribution >= 4 is 23.1 Å². The van der Waals surface area contributed by atoms with Gasteiger partial charge in [0.1, 0.15) is 5.82 Å². The van der Waals surface area contributed by atoms with E-state index in [4.69, 9.17) is 0 Å².